The molecule has 6 heteroatoms. The first-order valence-corrected chi connectivity index (χ1v) is 10.1. The van der Waals surface area contributed by atoms with E-state index in [2.05, 4.69) is 39.2 Å². The van der Waals surface area contributed by atoms with Gasteiger partial charge in [0.1, 0.15) is 5.60 Å². The smallest absolute Gasteiger partial charge is 0.407 e. The lowest BCUT2D eigenvalue weighted by molar-refractivity contribution is 0.0531. The van der Waals surface area contributed by atoms with Crippen LogP contribution in [0.25, 0.3) is 0 Å². The van der Waals surface area contributed by atoms with E-state index in [4.69, 9.17) is 9.16 Å². The third-order valence-electron chi connectivity index (χ3n) is 3.44. The van der Waals surface area contributed by atoms with Gasteiger partial charge in [0.15, 0.2) is 8.32 Å². The number of ether oxygens (including phenoxy) is 1. The molecule has 0 aliphatic heterocycles. The van der Waals surface area contributed by atoms with Crippen molar-refractivity contribution in [2.75, 3.05) is 13.2 Å². The quantitative estimate of drug-likeness (QED) is 0.765. The molecule has 21 heavy (non-hydrogen) atoms. The summed E-state index contributed by atoms with van der Waals surface area (Å²) in [6.45, 7) is 16.2. The Morgan fingerprint density at radius 3 is 2.10 bits per heavy atom. The Kier molecular flexibility index (Phi) is 7.09. The van der Waals surface area contributed by atoms with Gasteiger partial charge in [-0.05, 0) is 38.9 Å². The maximum Gasteiger partial charge on any atom is 0.407 e. The van der Waals surface area contributed by atoms with Gasteiger partial charge in [-0.15, -0.1) is 0 Å². The van der Waals surface area contributed by atoms with Gasteiger partial charge in [0.25, 0.3) is 0 Å². The molecule has 0 saturated carbocycles. The van der Waals surface area contributed by atoms with Gasteiger partial charge in [-0.25, -0.2) is 9.18 Å². The molecule has 4 nitrogen and oxygen atoms in total. The molecule has 124 valence electrons. The van der Waals surface area contributed by atoms with Crippen LogP contribution in [0.5, 0.6) is 0 Å². The number of carbonyl (C=O) groups excluding carboxylic acids is 1. The molecule has 0 heterocycles. The summed E-state index contributed by atoms with van der Waals surface area (Å²) in [5.41, 5.74) is -0.174. The standard InChI is InChI=1S/C15H30FNO3Si/c1-14(2,3)20-13(18)17-10-12(9-16)11-19-21(7,8)15(4,5)6/h9H,10-11H2,1-8H3,(H,17,18)/b12-9+. The molecule has 0 aliphatic rings. The number of amides is 1. The van der Waals surface area contributed by atoms with Gasteiger partial charge >= 0.3 is 6.09 Å². The van der Waals surface area contributed by atoms with Gasteiger partial charge < -0.3 is 14.5 Å². The van der Waals surface area contributed by atoms with E-state index in [1.54, 1.807) is 20.8 Å². The van der Waals surface area contributed by atoms with Crippen molar-refractivity contribution >= 4 is 14.4 Å². The fraction of sp³-hybridized carbons (Fsp3) is 0.800. The minimum atomic E-state index is -1.93. The normalized spacial score (nSPS) is 14.0. The van der Waals surface area contributed by atoms with E-state index in [-0.39, 0.29) is 18.2 Å². The Hall–Kier alpha value is -0.883. The van der Waals surface area contributed by atoms with Crippen molar-refractivity contribution in [3.8, 4) is 0 Å². The van der Waals surface area contributed by atoms with Gasteiger partial charge in [-0.2, -0.15) is 0 Å². The molecule has 1 amide bonds. The van der Waals surface area contributed by atoms with E-state index >= 15 is 0 Å². The molecule has 0 aliphatic carbocycles. The highest BCUT2D eigenvalue weighted by molar-refractivity contribution is 6.74. The minimum Gasteiger partial charge on any atom is -0.444 e. The fourth-order valence-electron chi connectivity index (χ4n) is 1.11. The van der Waals surface area contributed by atoms with E-state index in [1.807, 2.05) is 0 Å². The second kappa shape index (κ2) is 7.40. The lowest BCUT2D eigenvalue weighted by Crippen LogP contribution is -2.42. The molecule has 1 N–H and O–H groups in total. The van der Waals surface area contributed by atoms with Gasteiger partial charge in [-0.1, -0.05) is 20.8 Å². The number of alkyl carbamates (subject to hydrolysis) is 1. The van der Waals surface area contributed by atoms with Crippen LogP contribution in [0.3, 0.4) is 0 Å². The summed E-state index contributed by atoms with van der Waals surface area (Å²) < 4.78 is 23.9. The Morgan fingerprint density at radius 1 is 1.19 bits per heavy atom. The summed E-state index contributed by atoms with van der Waals surface area (Å²) in [5, 5.41) is 2.59. The van der Waals surface area contributed by atoms with Crippen molar-refractivity contribution in [3.05, 3.63) is 11.9 Å². The summed E-state index contributed by atoms with van der Waals surface area (Å²) in [6.07, 6.45) is -0.0704. The average molecular weight is 319 g/mol. The first-order chi connectivity index (χ1) is 9.28. The van der Waals surface area contributed by atoms with Crippen LogP contribution in [0, 0.1) is 0 Å². The topological polar surface area (TPSA) is 47.6 Å². The fourth-order valence-corrected chi connectivity index (χ4v) is 2.09. The zero-order chi connectivity index (χ0) is 16.9. The third kappa shape index (κ3) is 8.21. The van der Waals surface area contributed by atoms with Gasteiger partial charge in [-0.3, -0.25) is 0 Å². The Balaban J connectivity index is 4.36. The number of rotatable bonds is 5. The molecule has 0 aromatic heterocycles. The van der Waals surface area contributed by atoms with E-state index in [0.29, 0.717) is 11.9 Å². The van der Waals surface area contributed by atoms with Crippen LogP contribution < -0.4 is 5.32 Å². The average Bonchev–Trinajstić information content (AvgIpc) is 2.25. The van der Waals surface area contributed by atoms with Crippen LogP contribution >= 0.6 is 0 Å². The first-order valence-electron chi connectivity index (χ1n) is 7.17. The molecule has 0 aromatic rings. The van der Waals surface area contributed by atoms with Crippen molar-refractivity contribution in [2.24, 2.45) is 0 Å². The van der Waals surface area contributed by atoms with Crippen molar-refractivity contribution in [1.29, 1.82) is 0 Å². The summed E-state index contributed by atoms with van der Waals surface area (Å²) in [6, 6.07) is 0. The van der Waals surface area contributed by atoms with Crippen LogP contribution in [-0.4, -0.2) is 33.2 Å². The third-order valence-corrected chi connectivity index (χ3v) is 7.92. The van der Waals surface area contributed by atoms with Gasteiger partial charge in [0, 0.05) is 12.1 Å². The van der Waals surface area contributed by atoms with E-state index in [0.717, 1.165) is 0 Å². The maximum atomic E-state index is 12.9. The Bertz CT molecular complexity index is 381. The highest BCUT2D eigenvalue weighted by Gasteiger charge is 2.37. The van der Waals surface area contributed by atoms with Crippen molar-refractivity contribution in [1.82, 2.24) is 5.32 Å². The molecule has 0 fully saturated rings. The predicted octanol–water partition coefficient (Wildman–Crippen LogP) is 4.39. The second-order valence-corrected chi connectivity index (χ2v) is 12.5. The van der Waals surface area contributed by atoms with Crippen LogP contribution in [-0.2, 0) is 9.16 Å². The van der Waals surface area contributed by atoms with E-state index in [9.17, 15) is 9.18 Å². The largest absolute Gasteiger partial charge is 0.444 e. The van der Waals surface area contributed by atoms with Gasteiger partial charge in [0.05, 0.1) is 12.9 Å². The Labute approximate surface area is 129 Å². The van der Waals surface area contributed by atoms with Crippen molar-refractivity contribution < 1.29 is 18.3 Å². The first kappa shape index (κ1) is 20.1. The molecule has 0 radical (unpaired) electrons. The molecular weight excluding hydrogens is 289 g/mol. The number of nitrogens with one attached hydrogen (secondary N) is 1. The van der Waals surface area contributed by atoms with Crippen molar-refractivity contribution in [3.63, 3.8) is 0 Å². The molecule has 0 spiro atoms. The van der Waals surface area contributed by atoms with E-state index < -0.39 is 20.0 Å². The zero-order valence-electron chi connectivity index (χ0n) is 14.6. The SMILES string of the molecule is CC(C)(C)OC(=O)NC/C(=C\F)CO[Si](C)(C)C(C)(C)C. The second-order valence-electron chi connectivity index (χ2n) is 7.67. The molecule has 0 unspecified atom stereocenters. The summed E-state index contributed by atoms with van der Waals surface area (Å²) in [7, 11) is -1.93. The molecule has 0 aromatic carbocycles. The predicted molar refractivity (Wildman–Crippen MR) is 86.6 cm³/mol. The highest BCUT2D eigenvalue weighted by Crippen LogP contribution is 2.36. The van der Waals surface area contributed by atoms with Crippen LogP contribution in [0.4, 0.5) is 9.18 Å². The van der Waals surface area contributed by atoms with Crippen LogP contribution in [0.2, 0.25) is 18.1 Å². The number of hydrogen-bond acceptors (Lipinski definition) is 3. The Morgan fingerprint density at radius 2 is 1.71 bits per heavy atom. The monoisotopic (exact) mass is 319 g/mol. The number of halogens is 1. The van der Waals surface area contributed by atoms with Gasteiger partial charge in [0.2, 0.25) is 0 Å². The molecular formula is C15H30FNO3Si. The molecule has 0 saturated heterocycles. The lowest BCUT2D eigenvalue weighted by Gasteiger charge is -2.36. The minimum absolute atomic E-state index is 0.0625. The highest BCUT2D eigenvalue weighted by atomic mass is 28.4. The van der Waals surface area contributed by atoms with E-state index in [1.165, 1.54) is 0 Å². The molecule has 0 atom stereocenters. The summed E-state index contributed by atoms with van der Waals surface area (Å²) in [4.78, 5) is 11.5. The molecule has 0 rings (SSSR count). The maximum absolute atomic E-state index is 12.9. The summed E-state index contributed by atoms with van der Waals surface area (Å²) >= 11 is 0. The van der Waals surface area contributed by atoms with Crippen LogP contribution in [0.1, 0.15) is 41.5 Å². The number of carbonyl (C=O) groups is 1. The number of hydrogen-bond donors (Lipinski definition) is 1. The zero-order valence-corrected chi connectivity index (χ0v) is 15.6. The van der Waals surface area contributed by atoms with Crippen LogP contribution in [0.15, 0.2) is 11.9 Å². The lowest BCUT2D eigenvalue weighted by atomic mass is 10.2. The van der Waals surface area contributed by atoms with Crippen molar-refractivity contribution in [2.45, 2.75) is 65.3 Å². The molecule has 0 bridgehead atoms. The summed E-state index contributed by atoms with van der Waals surface area (Å²) in [5.74, 6) is 0.